The molecule has 3 heteroatoms. The van der Waals surface area contributed by atoms with Gasteiger partial charge in [0.25, 0.3) is 0 Å². The van der Waals surface area contributed by atoms with Crippen molar-refractivity contribution >= 4 is 17.4 Å². The maximum absolute atomic E-state index is 12.5. The van der Waals surface area contributed by atoms with Crippen LogP contribution in [0.5, 0.6) is 5.75 Å². The molecule has 110 valence electrons. The van der Waals surface area contributed by atoms with E-state index in [4.69, 9.17) is 16.3 Å². The molecule has 0 aliphatic rings. The van der Waals surface area contributed by atoms with Gasteiger partial charge in [0, 0.05) is 11.1 Å². The van der Waals surface area contributed by atoms with Crippen LogP contribution in [0.3, 0.4) is 0 Å². The summed E-state index contributed by atoms with van der Waals surface area (Å²) in [6, 6.07) is 12.8. The molecule has 0 spiro atoms. The average Bonchev–Trinajstić information content (AvgIpc) is 2.45. The molecule has 0 atom stereocenters. The molecule has 0 N–H and O–H groups in total. The molecular formula is C18H19ClO2. The van der Waals surface area contributed by atoms with Crippen LogP contribution < -0.4 is 4.74 Å². The van der Waals surface area contributed by atoms with Gasteiger partial charge in [0.05, 0.1) is 12.1 Å². The fraction of sp³-hybridized carbons (Fsp3) is 0.278. The Hall–Kier alpha value is -1.80. The van der Waals surface area contributed by atoms with Gasteiger partial charge in [0.15, 0.2) is 5.78 Å². The van der Waals surface area contributed by atoms with Crippen LogP contribution in [-0.4, -0.2) is 12.9 Å². The summed E-state index contributed by atoms with van der Waals surface area (Å²) in [6.07, 6.45) is 0. The predicted octanol–water partition coefficient (Wildman–Crippen LogP) is 4.88. The van der Waals surface area contributed by atoms with Crippen molar-refractivity contribution in [1.82, 2.24) is 0 Å². The molecule has 0 bridgehead atoms. The fourth-order valence-electron chi connectivity index (χ4n) is 2.08. The molecule has 2 rings (SSSR count). The van der Waals surface area contributed by atoms with Crippen molar-refractivity contribution in [3.8, 4) is 5.75 Å². The zero-order valence-electron chi connectivity index (χ0n) is 12.7. The lowest BCUT2D eigenvalue weighted by molar-refractivity contribution is 0.103. The second-order valence-corrected chi connectivity index (χ2v) is 6.41. The molecule has 21 heavy (non-hydrogen) atoms. The molecule has 2 aromatic carbocycles. The SMILES string of the molecule is COc1ccc(C(=O)c2ccc(C(C)(C)C)cc2)c(Cl)c1. The van der Waals surface area contributed by atoms with Crippen molar-refractivity contribution in [2.24, 2.45) is 0 Å². The Morgan fingerprint density at radius 2 is 1.67 bits per heavy atom. The second kappa shape index (κ2) is 5.90. The molecule has 0 heterocycles. The van der Waals surface area contributed by atoms with Crippen LogP contribution in [0.15, 0.2) is 42.5 Å². The molecule has 0 radical (unpaired) electrons. The zero-order chi connectivity index (χ0) is 15.6. The Morgan fingerprint density at radius 3 is 2.14 bits per heavy atom. The summed E-state index contributed by atoms with van der Waals surface area (Å²) in [7, 11) is 1.57. The summed E-state index contributed by atoms with van der Waals surface area (Å²) < 4.78 is 5.09. The number of carbonyl (C=O) groups excluding carboxylic acids is 1. The van der Waals surface area contributed by atoms with Crippen LogP contribution >= 0.6 is 11.6 Å². The number of ketones is 1. The maximum Gasteiger partial charge on any atom is 0.194 e. The Bertz CT molecular complexity index is 652. The van der Waals surface area contributed by atoms with E-state index in [1.807, 2.05) is 24.3 Å². The van der Waals surface area contributed by atoms with Gasteiger partial charge in [-0.15, -0.1) is 0 Å². The number of carbonyl (C=O) groups is 1. The Labute approximate surface area is 130 Å². The van der Waals surface area contributed by atoms with Gasteiger partial charge in [-0.1, -0.05) is 56.6 Å². The lowest BCUT2D eigenvalue weighted by atomic mass is 9.86. The summed E-state index contributed by atoms with van der Waals surface area (Å²) in [4.78, 5) is 12.5. The molecule has 0 amide bonds. The number of methoxy groups -OCH3 is 1. The molecule has 2 nitrogen and oxygen atoms in total. The molecule has 0 fully saturated rings. The largest absolute Gasteiger partial charge is 0.497 e. The second-order valence-electron chi connectivity index (χ2n) is 6.00. The molecule has 0 aromatic heterocycles. The third kappa shape index (κ3) is 3.45. The normalized spacial score (nSPS) is 11.3. The van der Waals surface area contributed by atoms with Crippen molar-refractivity contribution in [3.63, 3.8) is 0 Å². The van der Waals surface area contributed by atoms with Crippen molar-refractivity contribution in [2.45, 2.75) is 26.2 Å². The van der Waals surface area contributed by atoms with E-state index in [-0.39, 0.29) is 11.2 Å². The highest BCUT2D eigenvalue weighted by Gasteiger charge is 2.16. The quantitative estimate of drug-likeness (QED) is 0.756. The summed E-state index contributed by atoms with van der Waals surface area (Å²) in [5.74, 6) is 0.558. The summed E-state index contributed by atoms with van der Waals surface area (Å²) in [5.41, 5.74) is 2.38. The first-order valence-electron chi connectivity index (χ1n) is 6.81. The first-order valence-corrected chi connectivity index (χ1v) is 7.19. The van der Waals surface area contributed by atoms with Gasteiger partial charge >= 0.3 is 0 Å². The van der Waals surface area contributed by atoms with Crippen LogP contribution in [0.25, 0.3) is 0 Å². The lowest BCUT2D eigenvalue weighted by Crippen LogP contribution is -2.11. The summed E-state index contributed by atoms with van der Waals surface area (Å²) in [5, 5.41) is 0.402. The van der Waals surface area contributed by atoms with Crippen molar-refractivity contribution in [3.05, 3.63) is 64.2 Å². The highest BCUT2D eigenvalue weighted by atomic mass is 35.5. The number of benzene rings is 2. The van der Waals surface area contributed by atoms with Crippen molar-refractivity contribution in [2.75, 3.05) is 7.11 Å². The van der Waals surface area contributed by atoms with Gasteiger partial charge in [0.1, 0.15) is 5.75 Å². The van der Waals surface area contributed by atoms with E-state index in [0.717, 1.165) is 0 Å². The van der Waals surface area contributed by atoms with Gasteiger partial charge < -0.3 is 4.74 Å². The van der Waals surface area contributed by atoms with Crippen LogP contribution in [0, 0.1) is 0 Å². The molecule has 0 aliphatic carbocycles. The third-order valence-electron chi connectivity index (χ3n) is 3.43. The molecule has 0 unspecified atom stereocenters. The molecular weight excluding hydrogens is 284 g/mol. The monoisotopic (exact) mass is 302 g/mol. The van der Waals surface area contributed by atoms with Gasteiger partial charge in [-0.2, -0.15) is 0 Å². The smallest absolute Gasteiger partial charge is 0.194 e. The van der Waals surface area contributed by atoms with E-state index >= 15 is 0 Å². The van der Waals surface area contributed by atoms with Crippen LogP contribution in [0.4, 0.5) is 0 Å². The van der Waals surface area contributed by atoms with E-state index in [0.29, 0.717) is 21.9 Å². The highest BCUT2D eigenvalue weighted by molar-refractivity contribution is 6.35. The molecule has 0 saturated heterocycles. The van der Waals surface area contributed by atoms with E-state index < -0.39 is 0 Å². The fourth-order valence-corrected chi connectivity index (χ4v) is 2.34. The summed E-state index contributed by atoms with van der Waals surface area (Å²) >= 11 is 6.16. The third-order valence-corrected chi connectivity index (χ3v) is 3.75. The maximum atomic E-state index is 12.5. The average molecular weight is 303 g/mol. The van der Waals surface area contributed by atoms with Crippen LogP contribution in [0.2, 0.25) is 5.02 Å². The lowest BCUT2D eigenvalue weighted by Gasteiger charge is -2.19. The van der Waals surface area contributed by atoms with E-state index in [2.05, 4.69) is 20.8 Å². The number of halogens is 1. The van der Waals surface area contributed by atoms with E-state index in [1.165, 1.54) is 5.56 Å². The zero-order valence-corrected chi connectivity index (χ0v) is 13.5. The minimum atomic E-state index is -0.0805. The summed E-state index contributed by atoms with van der Waals surface area (Å²) in [6.45, 7) is 6.43. The number of hydrogen-bond acceptors (Lipinski definition) is 2. The number of rotatable bonds is 3. The van der Waals surface area contributed by atoms with Crippen molar-refractivity contribution < 1.29 is 9.53 Å². The molecule has 2 aromatic rings. The van der Waals surface area contributed by atoms with Crippen molar-refractivity contribution in [1.29, 1.82) is 0 Å². The Balaban J connectivity index is 2.32. The molecule has 0 aliphatic heterocycles. The van der Waals surface area contributed by atoms with E-state index in [9.17, 15) is 4.79 Å². The minimum Gasteiger partial charge on any atom is -0.497 e. The van der Waals surface area contributed by atoms with Crippen LogP contribution in [-0.2, 0) is 5.41 Å². The highest BCUT2D eigenvalue weighted by Crippen LogP contribution is 2.26. The number of hydrogen-bond donors (Lipinski definition) is 0. The Morgan fingerprint density at radius 1 is 1.05 bits per heavy atom. The minimum absolute atomic E-state index is 0.0688. The van der Waals surface area contributed by atoms with Gasteiger partial charge in [-0.05, 0) is 29.2 Å². The van der Waals surface area contributed by atoms with Gasteiger partial charge in [-0.25, -0.2) is 0 Å². The van der Waals surface area contributed by atoms with Gasteiger partial charge in [-0.3, -0.25) is 4.79 Å². The molecule has 0 saturated carbocycles. The van der Waals surface area contributed by atoms with E-state index in [1.54, 1.807) is 25.3 Å². The Kier molecular flexibility index (Phi) is 4.38. The standard InChI is InChI=1S/C18H19ClO2/c1-18(2,3)13-7-5-12(6-8-13)17(20)15-10-9-14(21-4)11-16(15)19/h5-11H,1-4H3. The number of ether oxygens (including phenoxy) is 1. The topological polar surface area (TPSA) is 26.3 Å². The first-order chi connectivity index (χ1) is 9.82. The van der Waals surface area contributed by atoms with Crippen LogP contribution in [0.1, 0.15) is 42.3 Å². The predicted molar refractivity (Wildman–Crippen MR) is 86.6 cm³/mol. The van der Waals surface area contributed by atoms with Gasteiger partial charge in [0.2, 0.25) is 0 Å². The first kappa shape index (κ1) is 15.6.